The summed E-state index contributed by atoms with van der Waals surface area (Å²) < 4.78 is 4.38. The van der Waals surface area contributed by atoms with E-state index in [0.29, 0.717) is 12.2 Å². The third kappa shape index (κ3) is 2.76. The monoisotopic (exact) mass is 296 g/mol. The Morgan fingerprint density at radius 1 is 1.47 bits per heavy atom. The van der Waals surface area contributed by atoms with Gasteiger partial charge in [0.25, 0.3) is 5.91 Å². The first kappa shape index (κ1) is 11.9. The summed E-state index contributed by atoms with van der Waals surface area (Å²) in [7, 11) is 3.68. The van der Waals surface area contributed by atoms with Crippen LogP contribution in [0.2, 0.25) is 0 Å². The van der Waals surface area contributed by atoms with E-state index in [9.17, 15) is 4.79 Å². The molecule has 1 amide bonds. The van der Waals surface area contributed by atoms with Gasteiger partial charge in [-0.2, -0.15) is 5.10 Å². The van der Waals surface area contributed by atoms with Crippen molar-refractivity contribution in [3.8, 4) is 0 Å². The van der Waals surface area contributed by atoms with Crippen LogP contribution in [0.1, 0.15) is 16.1 Å². The van der Waals surface area contributed by atoms with Crippen LogP contribution in [0, 0.1) is 0 Å². The highest BCUT2D eigenvalue weighted by molar-refractivity contribution is 9.10. The molecule has 2 rings (SSSR count). The number of carbonyl (C=O) groups excluding carboxylic acids is 1. The Labute approximate surface area is 108 Å². The van der Waals surface area contributed by atoms with Gasteiger partial charge in [0.2, 0.25) is 0 Å². The topological polar surface area (TPSA) is 51.9 Å². The molecule has 1 N–H and O–H groups in total. The van der Waals surface area contributed by atoms with Crippen LogP contribution in [0.4, 0.5) is 0 Å². The van der Waals surface area contributed by atoms with Gasteiger partial charge >= 0.3 is 0 Å². The molecule has 5 nitrogen and oxygen atoms in total. The van der Waals surface area contributed by atoms with E-state index < -0.39 is 0 Å². The predicted molar refractivity (Wildman–Crippen MR) is 67.5 cm³/mol. The van der Waals surface area contributed by atoms with Crippen LogP contribution in [-0.2, 0) is 20.6 Å². The smallest absolute Gasteiger partial charge is 0.268 e. The SMILES string of the molecule is Cn1cc(CNC(=O)c2cc(Br)cn2C)cn1. The molecule has 2 heterocycles. The molecule has 0 atom stereocenters. The third-order valence-electron chi connectivity index (χ3n) is 2.42. The van der Waals surface area contributed by atoms with Crippen LogP contribution in [0.5, 0.6) is 0 Å². The van der Waals surface area contributed by atoms with Crippen molar-refractivity contribution in [1.29, 1.82) is 0 Å². The highest BCUT2D eigenvalue weighted by Gasteiger charge is 2.10. The summed E-state index contributed by atoms with van der Waals surface area (Å²) >= 11 is 3.34. The minimum atomic E-state index is -0.0953. The fraction of sp³-hybridized carbons (Fsp3) is 0.273. The quantitative estimate of drug-likeness (QED) is 0.932. The van der Waals surface area contributed by atoms with E-state index >= 15 is 0 Å². The van der Waals surface area contributed by atoms with Gasteiger partial charge in [-0.05, 0) is 22.0 Å². The maximum atomic E-state index is 11.9. The van der Waals surface area contributed by atoms with Gasteiger partial charge in [-0.3, -0.25) is 9.48 Å². The Hall–Kier alpha value is -1.56. The molecule has 6 heteroatoms. The maximum absolute atomic E-state index is 11.9. The fourth-order valence-electron chi connectivity index (χ4n) is 1.59. The molecule has 90 valence electrons. The lowest BCUT2D eigenvalue weighted by molar-refractivity contribution is 0.0943. The zero-order chi connectivity index (χ0) is 12.4. The number of aromatic nitrogens is 3. The molecule has 0 fully saturated rings. The number of carbonyl (C=O) groups is 1. The van der Waals surface area contributed by atoms with Crippen molar-refractivity contribution in [3.05, 3.63) is 40.4 Å². The number of halogens is 1. The van der Waals surface area contributed by atoms with Crippen LogP contribution in [0.15, 0.2) is 29.1 Å². The molecule has 2 aromatic rings. The molecule has 0 radical (unpaired) electrons. The van der Waals surface area contributed by atoms with Crippen molar-refractivity contribution < 1.29 is 4.79 Å². The summed E-state index contributed by atoms with van der Waals surface area (Å²) in [6, 6.07) is 1.79. The van der Waals surface area contributed by atoms with E-state index in [1.807, 2.05) is 26.5 Å². The van der Waals surface area contributed by atoms with E-state index in [1.165, 1.54) is 0 Å². The van der Waals surface area contributed by atoms with Crippen molar-refractivity contribution in [1.82, 2.24) is 19.7 Å². The minimum absolute atomic E-state index is 0.0953. The van der Waals surface area contributed by atoms with Crippen LogP contribution in [0.3, 0.4) is 0 Å². The summed E-state index contributed by atoms with van der Waals surface area (Å²) in [5.41, 5.74) is 1.61. The molecule has 0 aliphatic carbocycles. The maximum Gasteiger partial charge on any atom is 0.268 e. The van der Waals surface area contributed by atoms with E-state index in [1.54, 1.807) is 21.5 Å². The molecule has 17 heavy (non-hydrogen) atoms. The Morgan fingerprint density at radius 3 is 2.76 bits per heavy atom. The molecule has 0 bridgehead atoms. The number of rotatable bonds is 3. The van der Waals surface area contributed by atoms with Crippen molar-refractivity contribution in [2.45, 2.75) is 6.54 Å². The second-order valence-corrected chi connectivity index (χ2v) is 4.78. The van der Waals surface area contributed by atoms with Crippen LogP contribution in [0.25, 0.3) is 0 Å². The summed E-state index contributed by atoms with van der Waals surface area (Å²) in [5.74, 6) is -0.0953. The summed E-state index contributed by atoms with van der Waals surface area (Å²) in [6.45, 7) is 0.482. The fourth-order valence-corrected chi connectivity index (χ4v) is 2.11. The average Bonchev–Trinajstić information content (AvgIpc) is 2.81. The molecule has 0 aromatic carbocycles. The number of nitrogens with zero attached hydrogens (tertiary/aromatic N) is 3. The van der Waals surface area contributed by atoms with Crippen molar-refractivity contribution in [2.24, 2.45) is 14.1 Å². The Balaban J connectivity index is 2.00. The third-order valence-corrected chi connectivity index (χ3v) is 2.85. The molecular weight excluding hydrogens is 284 g/mol. The van der Waals surface area contributed by atoms with Gasteiger partial charge in [-0.1, -0.05) is 0 Å². The molecule has 0 aliphatic rings. The lowest BCUT2D eigenvalue weighted by atomic mass is 10.3. The first-order chi connectivity index (χ1) is 8.06. The van der Waals surface area contributed by atoms with Gasteiger partial charge in [-0.25, -0.2) is 0 Å². The van der Waals surface area contributed by atoms with Gasteiger partial charge in [0.05, 0.1) is 6.20 Å². The number of nitrogens with one attached hydrogen (secondary N) is 1. The van der Waals surface area contributed by atoms with Crippen LogP contribution < -0.4 is 5.32 Å². The summed E-state index contributed by atoms with van der Waals surface area (Å²) in [6.07, 6.45) is 5.46. The lowest BCUT2D eigenvalue weighted by Crippen LogP contribution is -2.24. The highest BCUT2D eigenvalue weighted by Crippen LogP contribution is 2.13. The molecule has 0 aliphatic heterocycles. The summed E-state index contributed by atoms with van der Waals surface area (Å²) in [5, 5.41) is 6.89. The minimum Gasteiger partial charge on any atom is -0.347 e. The average molecular weight is 297 g/mol. The van der Waals surface area contributed by atoms with Crippen molar-refractivity contribution in [2.75, 3.05) is 0 Å². The van der Waals surface area contributed by atoms with Gasteiger partial charge in [0.1, 0.15) is 5.69 Å². The molecule has 0 spiro atoms. The molecule has 0 unspecified atom stereocenters. The second-order valence-electron chi connectivity index (χ2n) is 3.86. The largest absolute Gasteiger partial charge is 0.347 e. The Morgan fingerprint density at radius 2 is 2.24 bits per heavy atom. The zero-order valence-electron chi connectivity index (χ0n) is 9.64. The molecule has 2 aromatic heterocycles. The number of amides is 1. The highest BCUT2D eigenvalue weighted by atomic mass is 79.9. The normalized spacial score (nSPS) is 10.5. The molecule has 0 saturated carbocycles. The molecular formula is C11H13BrN4O. The van der Waals surface area contributed by atoms with Crippen LogP contribution >= 0.6 is 15.9 Å². The van der Waals surface area contributed by atoms with E-state index in [4.69, 9.17) is 0 Å². The number of hydrogen-bond acceptors (Lipinski definition) is 2. The Kier molecular flexibility index (Phi) is 3.33. The first-order valence-electron chi connectivity index (χ1n) is 5.14. The number of hydrogen-bond donors (Lipinski definition) is 1. The number of aryl methyl sites for hydroxylation is 2. The van der Waals surface area contributed by atoms with Gasteiger partial charge in [0, 0.05) is 43.1 Å². The van der Waals surface area contributed by atoms with Crippen LogP contribution in [-0.4, -0.2) is 20.3 Å². The van der Waals surface area contributed by atoms with E-state index in [0.717, 1.165) is 10.0 Å². The van der Waals surface area contributed by atoms with Gasteiger partial charge < -0.3 is 9.88 Å². The van der Waals surface area contributed by atoms with Crippen molar-refractivity contribution >= 4 is 21.8 Å². The van der Waals surface area contributed by atoms with Crippen molar-refractivity contribution in [3.63, 3.8) is 0 Å². The standard InChI is InChI=1S/C11H13BrN4O/c1-15-7-9(12)3-10(15)11(17)13-4-8-5-14-16(2)6-8/h3,5-7H,4H2,1-2H3,(H,13,17). The molecule has 0 saturated heterocycles. The predicted octanol–water partition coefficient (Wildman–Crippen LogP) is 1.45. The first-order valence-corrected chi connectivity index (χ1v) is 5.93. The van der Waals surface area contributed by atoms with Gasteiger partial charge in [-0.15, -0.1) is 0 Å². The Bertz CT molecular complexity index is 543. The van der Waals surface area contributed by atoms with Gasteiger partial charge in [0.15, 0.2) is 0 Å². The van der Waals surface area contributed by atoms with E-state index in [-0.39, 0.29) is 5.91 Å². The van der Waals surface area contributed by atoms with E-state index in [2.05, 4.69) is 26.3 Å². The second kappa shape index (κ2) is 4.75. The lowest BCUT2D eigenvalue weighted by Gasteiger charge is -2.04. The zero-order valence-corrected chi connectivity index (χ0v) is 11.2. The summed E-state index contributed by atoms with van der Waals surface area (Å²) in [4.78, 5) is 11.9.